The Bertz CT molecular complexity index is 473. The van der Waals surface area contributed by atoms with E-state index >= 15 is 0 Å². The summed E-state index contributed by atoms with van der Waals surface area (Å²) in [5.41, 5.74) is 0.424. The number of hydrogen-bond acceptors (Lipinski definition) is 5. The van der Waals surface area contributed by atoms with Crippen LogP contribution in [0.1, 0.15) is 48.4 Å². The van der Waals surface area contributed by atoms with Crippen LogP contribution in [-0.4, -0.2) is 42.2 Å². The SMILES string of the molecule is COCCNc1cc(C(=O)NC2CCCCC2)nc(C)n1. The molecule has 0 aliphatic heterocycles. The first kappa shape index (κ1) is 15.7. The van der Waals surface area contributed by atoms with E-state index in [0.717, 1.165) is 12.8 Å². The zero-order valence-electron chi connectivity index (χ0n) is 12.8. The third-order valence-electron chi connectivity index (χ3n) is 3.62. The Balaban J connectivity index is 1.98. The fourth-order valence-corrected chi connectivity index (χ4v) is 2.56. The fraction of sp³-hybridized carbons (Fsp3) is 0.667. The van der Waals surface area contributed by atoms with Gasteiger partial charge in [-0.3, -0.25) is 4.79 Å². The van der Waals surface area contributed by atoms with Crippen LogP contribution in [0.5, 0.6) is 0 Å². The monoisotopic (exact) mass is 292 g/mol. The lowest BCUT2D eigenvalue weighted by Crippen LogP contribution is -2.36. The molecule has 6 heteroatoms. The molecule has 21 heavy (non-hydrogen) atoms. The molecule has 1 aliphatic rings. The van der Waals surface area contributed by atoms with Crippen LogP contribution < -0.4 is 10.6 Å². The van der Waals surface area contributed by atoms with E-state index in [9.17, 15) is 4.79 Å². The van der Waals surface area contributed by atoms with Gasteiger partial charge in [0.15, 0.2) is 0 Å². The first-order valence-electron chi connectivity index (χ1n) is 7.58. The number of nitrogens with zero attached hydrogens (tertiary/aromatic N) is 2. The summed E-state index contributed by atoms with van der Waals surface area (Å²) in [6.07, 6.45) is 5.78. The van der Waals surface area contributed by atoms with Crippen molar-refractivity contribution < 1.29 is 9.53 Å². The van der Waals surface area contributed by atoms with E-state index in [1.807, 2.05) is 0 Å². The summed E-state index contributed by atoms with van der Waals surface area (Å²) in [5, 5.41) is 6.20. The van der Waals surface area contributed by atoms with E-state index in [-0.39, 0.29) is 11.9 Å². The van der Waals surface area contributed by atoms with Crippen LogP contribution in [0, 0.1) is 6.92 Å². The number of aryl methyl sites for hydroxylation is 1. The van der Waals surface area contributed by atoms with E-state index < -0.39 is 0 Å². The molecule has 0 unspecified atom stereocenters. The van der Waals surface area contributed by atoms with Gasteiger partial charge in [0.2, 0.25) is 0 Å². The van der Waals surface area contributed by atoms with E-state index in [1.54, 1.807) is 20.1 Å². The summed E-state index contributed by atoms with van der Waals surface area (Å²) in [6.45, 7) is 3.03. The van der Waals surface area contributed by atoms with Gasteiger partial charge in [-0.2, -0.15) is 0 Å². The molecule has 116 valence electrons. The Morgan fingerprint density at radius 3 is 2.81 bits per heavy atom. The molecular formula is C15H24N4O2. The number of carbonyl (C=O) groups is 1. The number of aromatic nitrogens is 2. The number of carbonyl (C=O) groups excluding carboxylic acids is 1. The molecule has 1 aliphatic carbocycles. The molecule has 1 fully saturated rings. The molecule has 2 rings (SSSR count). The number of methoxy groups -OCH3 is 1. The zero-order valence-corrected chi connectivity index (χ0v) is 12.8. The van der Waals surface area contributed by atoms with Gasteiger partial charge in [0, 0.05) is 25.8 Å². The maximum Gasteiger partial charge on any atom is 0.270 e. The Kier molecular flexibility index (Phi) is 5.92. The Hall–Kier alpha value is -1.69. The van der Waals surface area contributed by atoms with Gasteiger partial charge in [-0.1, -0.05) is 19.3 Å². The van der Waals surface area contributed by atoms with Gasteiger partial charge < -0.3 is 15.4 Å². The highest BCUT2D eigenvalue weighted by Gasteiger charge is 2.18. The highest BCUT2D eigenvalue weighted by Crippen LogP contribution is 2.18. The number of amides is 1. The Morgan fingerprint density at radius 1 is 1.33 bits per heavy atom. The van der Waals surface area contributed by atoms with Gasteiger partial charge in [-0.05, 0) is 19.8 Å². The first-order chi connectivity index (χ1) is 10.2. The third-order valence-corrected chi connectivity index (χ3v) is 3.62. The molecular weight excluding hydrogens is 268 g/mol. The number of hydrogen-bond donors (Lipinski definition) is 2. The van der Waals surface area contributed by atoms with Crippen molar-refractivity contribution in [2.75, 3.05) is 25.6 Å². The van der Waals surface area contributed by atoms with Crippen LogP contribution in [0.25, 0.3) is 0 Å². The average molecular weight is 292 g/mol. The van der Waals surface area contributed by atoms with Crippen LogP contribution >= 0.6 is 0 Å². The van der Waals surface area contributed by atoms with Gasteiger partial charge in [0.1, 0.15) is 17.3 Å². The summed E-state index contributed by atoms with van der Waals surface area (Å²) in [6, 6.07) is 1.98. The molecule has 0 radical (unpaired) electrons. The van der Waals surface area contributed by atoms with Gasteiger partial charge in [0.05, 0.1) is 6.61 Å². The molecule has 6 nitrogen and oxygen atoms in total. The van der Waals surface area contributed by atoms with Crippen molar-refractivity contribution in [1.82, 2.24) is 15.3 Å². The van der Waals surface area contributed by atoms with Crippen LogP contribution in [0.15, 0.2) is 6.07 Å². The molecule has 1 amide bonds. The predicted octanol–water partition coefficient (Wildman–Crippen LogP) is 1.91. The van der Waals surface area contributed by atoms with E-state index in [0.29, 0.717) is 30.5 Å². The van der Waals surface area contributed by atoms with E-state index in [2.05, 4.69) is 20.6 Å². The fourth-order valence-electron chi connectivity index (χ4n) is 2.56. The second kappa shape index (κ2) is 7.93. The van der Waals surface area contributed by atoms with Crippen molar-refractivity contribution in [3.8, 4) is 0 Å². The third kappa shape index (κ3) is 4.97. The largest absolute Gasteiger partial charge is 0.383 e. The Morgan fingerprint density at radius 2 is 2.10 bits per heavy atom. The lowest BCUT2D eigenvalue weighted by molar-refractivity contribution is 0.0922. The molecule has 1 saturated carbocycles. The molecule has 1 aromatic heterocycles. The molecule has 0 aromatic carbocycles. The van der Waals surface area contributed by atoms with Crippen molar-refractivity contribution in [2.24, 2.45) is 0 Å². The topological polar surface area (TPSA) is 76.1 Å². The van der Waals surface area contributed by atoms with Gasteiger partial charge in [0.25, 0.3) is 5.91 Å². The van der Waals surface area contributed by atoms with Crippen LogP contribution in [0.4, 0.5) is 5.82 Å². The van der Waals surface area contributed by atoms with Crippen molar-refractivity contribution in [3.63, 3.8) is 0 Å². The highest BCUT2D eigenvalue weighted by molar-refractivity contribution is 5.93. The van der Waals surface area contributed by atoms with Crippen LogP contribution in [0.2, 0.25) is 0 Å². The minimum absolute atomic E-state index is 0.109. The molecule has 0 spiro atoms. The van der Waals surface area contributed by atoms with Crippen molar-refractivity contribution in [1.29, 1.82) is 0 Å². The summed E-state index contributed by atoms with van der Waals surface area (Å²) < 4.78 is 4.99. The molecule has 0 bridgehead atoms. The maximum atomic E-state index is 12.3. The minimum Gasteiger partial charge on any atom is -0.383 e. The quantitative estimate of drug-likeness (QED) is 0.783. The summed E-state index contributed by atoms with van der Waals surface area (Å²) in [7, 11) is 1.65. The molecule has 1 heterocycles. The predicted molar refractivity (Wildman–Crippen MR) is 81.5 cm³/mol. The molecule has 1 aromatic rings. The van der Waals surface area contributed by atoms with Gasteiger partial charge in [-0.25, -0.2) is 9.97 Å². The number of anilines is 1. The Labute approximate surface area is 125 Å². The highest BCUT2D eigenvalue weighted by atomic mass is 16.5. The molecule has 2 N–H and O–H groups in total. The smallest absolute Gasteiger partial charge is 0.270 e. The zero-order chi connectivity index (χ0) is 15.1. The van der Waals surface area contributed by atoms with Crippen molar-refractivity contribution in [2.45, 2.75) is 45.1 Å². The molecule has 0 saturated heterocycles. The minimum atomic E-state index is -0.109. The van der Waals surface area contributed by atoms with Gasteiger partial charge >= 0.3 is 0 Å². The summed E-state index contributed by atoms with van der Waals surface area (Å²) in [4.78, 5) is 20.8. The number of nitrogens with one attached hydrogen (secondary N) is 2. The lowest BCUT2D eigenvalue weighted by atomic mass is 9.95. The number of rotatable bonds is 6. The van der Waals surface area contributed by atoms with Gasteiger partial charge in [-0.15, -0.1) is 0 Å². The van der Waals surface area contributed by atoms with Crippen molar-refractivity contribution in [3.05, 3.63) is 17.6 Å². The average Bonchev–Trinajstić information content (AvgIpc) is 2.48. The van der Waals surface area contributed by atoms with Crippen molar-refractivity contribution >= 4 is 11.7 Å². The lowest BCUT2D eigenvalue weighted by Gasteiger charge is -2.22. The van der Waals surface area contributed by atoms with E-state index in [1.165, 1.54) is 19.3 Å². The second-order valence-electron chi connectivity index (χ2n) is 5.41. The maximum absolute atomic E-state index is 12.3. The normalized spacial score (nSPS) is 15.7. The number of ether oxygens (including phenoxy) is 1. The van der Waals surface area contributed by atoms with E-state index in [4.69, 9.17) is 4.74 Å². The first-order valence-corrected chi connectivity index (χ1v) is 7.58. The standard InChI is InChI=1S/C15H24N4O2/c1-11-17-13(10-14(18-11)16-8-9-21-2)15(20)19-12-6-4-3-5-7-12/h10,12H,3-9H2,1-2H3,(H,19,20)(H,16,17,18). The summed E-state index contributed by atoms with van der Waals surface area (Å²) >= 11 is 0. The second-order valence-corrected chi connectivity index (χ2v) is 5.41. The summed E-state index contributed by atoms with van der Waals surface area (Å²) in [5.74, 6) is 1.14. The van der Waals surface area contributed by atoms with Crippen LogP contribution in [-0.2, 0) is 4.74 Å². The van der Waals surface area contributed by atoms with Crippen LogP contribution in [0.3, 0.4) is 0 Å². The molecule has 0 atom stereocenters.